The minimum absolute atomic E-state index is 0.0102. The molecule has 1 saturated carbocycles. The molecule has 4 heteroatoms. The van der Waals surface area contributed by atoms with Gasteiger partial charge in [-0.1, -0.05) is 11.6 Å². The third-order valence-electron chi connectivity index (χ3n) is 4.82. The van der Waals surface area contributed by atoms with Crippen LogP contribution in [-0.2, 0) is 5.54 Å². The number of nitrogens with one attached hydrogen (secondary N) is 1. The highest BCUT2D eigenvalue weighted by Gasteiger charge is 2.32. The van der Waals surface area contributed by atoms with E-state index in [9.17, 15) is 0 Å². The van der Waals surface area contributed by atoms with Gasteiger partial charge in [0.05, 0.1) is 18.2 Å². The van der Waals surface area contributed by atoms with Crippen molar-refractivity contribution >= 4 is 11.6 Å². The van der Waals surface area contributed by atoms with Crippen LogP contribution in [0.2, 0.25) is 5.02 Å². The molecule has 0 spiro atoms. The van der Waals surface area contributed by atoms with Gasteiger partial charge in [0.15, 0.2) is 11.5 Å². The molecule has 1 aliphatic carbocycles. The lowest BCUT2D eigenvalue weighted by Crippen LogP contribution is -2.33. The number of ether oxygens (including phenoxy) is 2. The van der Waals surface area contributed by atoms with Crippen molar-refractivity contribution in [2.75, 3.05) is 13.7 Å². The average Bonchev–Trinajstić information content (AvgIpc) is 3.11. The molecular weight excluding hydrogens is 286 g/mol. The molecule has 116 valence electrons. The first kappa shape index (κ1) is 15.0. The van der Waals surface area contributed by atoms with Crippen LogP contribution in [0.3, 0.4) is 0 Å². The van der Waals surface area contributed by atoms with Crippen LogP contribution in [0.1, 0.15) is 51.0 Å². The normalized spacial score (nSPS) is 26.2. The maximum atomic E-state index is 6.43. The molecule has 1 saturated heterocycles. The fourth-order valence-corrected chi connectivity index (χ4v) is 3.79. The second-order valence-corrected chi connectivity index (χ2v) is 6.78. The van der Waals surface area contributed by atoms with E-state index in [1.54, 1.807) is 7.11 Å². The highest BCUT2D eigenvalue weighted by Crippen LogP contribution is 2.42. The van der Waals surface area contributed by atoms with Crippen LogP contribution in [-0.4, -0.2) is 19.8 Å². The Morgan fingerprint density at radius 1 is 1.24 bits per heavy atom. The highest BCUT2D eigenvalue weighted by atomic mass is 35.5. The largest absolute Gasteiger partial charge is 0.491 e. The number of hydrogen-bond acceptors (Lipinski definition) is 3. The molecule has 1 aromatic rings. The molecule has 0 bridgehead atoms. The average molecular weight is 310 g/mol. The second-order valence-electron chi connectivity index (χ2n) is 6.38. The van der Waals surface area contributed by atoms with Gasteiger partial charge in [0.1, 0.15) is 0 Å². The Bertz CT molecular complexity index is 506. The lowest BCUT2D eigenvalue weighted by atomic mass is 9.90. The molecular formula is C17H24ClNO2. The monoisotopic (exact) mass is 309 g/mol. The molecule has 1 heterocycles. The molecule has 1 atom stereocenters. The summed E-state index contributed by atoms with van der Waals surface area (Å²) in [4.78, 5) is 0. The predicted octanol–water partition coefficient (Wildman–Crippen LogP) is 4.27. The Kier molecular flexibility index (Phi) is 4.32. The SMILES string of the molecule is COc1c(Cl)cc(C2(C)CCCN2)cc1OC1CCCC1. The molecule has 1 aromatic carbocycles. The van der Waals surface area contributed by atoms with Crippen LogP contribution in [0, 0.1) is 0 Å². The summed E-state index contributed by atoms with van der Waals surface area (Å²) in [7, 11) is 1.65. The van der Waals surface area contributed by atoms with Crippen LogP contribution >= 0.6 is 11.6 Å². The molecule has 2 fully saturated rings. The third-order valence-corrected chi connectivity index (χ3v) is 5.10. The van der Waals surface area contributed by atoms with E-state index >= 15 is 0 Å². The molecule has 3 nitrogen and oxygen atoms in total. The fourth-order valence-electron chi connectivity index (χ4n) is 3.50. The number of halogens is 1. The zero-order chi connectivity index (χ0) is 14.9. The van der Waals surface area contributed by atoms with E-state index in [1.807, 2.05) is 6.07 Å². The topological polar surface area (TPSA) is 30.5 Å². The molecule has 0 aromatic heterocycles. The molecule has 2 aliphatic rings. The van der Waals surface area contributed by atoms with E-state index in [4.69, 9.17) is 21.1 Å². The van der Waals surface area contributed by atoms with Gasteiger partial charge >= 0.3 is 0 Å². The third kappa shape index (κ3) is 3.00. The lowest BCUT2D eigenvalue weighted by Gasteiger charge is -2.27. The van der Waals surface area contributed by atoms with Crippen LogP contribution in [0.5, 0.6) is 11.5 Å². The van der Waals surface area contributed by atoms with Crippen molar-refractivity contribution in [3.05, 3.63) is 22.7 Å². The first-order valence-electron chi connectivity index (χ1n) is 7.92. The first-order chi connectivity index (χ1) is 10.1. The van der Waals surface area contributed by atoms with Gasteiger partial charge in [0, 0.05) is 5.54 Å². The van der Waals surface area contributed by atoms with Crippen molar-refractivity contribution in [2.45, 2.75) is 57.1 Å². The van der Waals surface area contributed by atoms with Crippen molar-refractivity contribution in [1.29, 1.82) is 0 Å². The number of hydrogen-bond donors (Lipinski definition) is 1. The minimum atomic E-state index is -0.0102. The van der Waals surface area contributed by atoms with Gasteiger partial charge in [-0.05, 0) is 69.7 Å². The number of rotatable bonds is 4. The zero-order valence-electron chi connectivity index (χ0n) is 12.9. The van der Waals surface area contributed by atoms with E-state index in [0.717, 1.165) is 31.6 Å². The van der Waals surface area contributed by atoms with Gasteiger partial charge < -0.3 is 14.8 Å². The van der Waals surface area contributed by atoms with Gasteiger partial charge in [0.2, 0.25) is 0 Å². The summed E-state index contributed by atoms with van der Waals surface area (Å²) in [5.74, 6) is 1.45. The summed E-state index contributed by atoms with van der Waals surface area (Å²) in [5.41, 5.74) is 1.18. The second kappa shape index (κ2) is 6.05. The Balaban J connectivity index is 1.93. The maximum Gasteiger partial charge on any atom is 0.179 e. The fraction of sp³-hybridized carbons (Fsp3) is 0.647. The van der Waals surface area contributed by atoms with E-state index < -0.39 is 0 Å². The van der Waals surface area contributed by atoms with Crippen LogP contribution in [0.25, 0.3) is 0 Å². The Labute approximate surface area is 132 Å². The molecule has 1 N–H and O–H groups in total. The van der Waals surface area contributed by atoms with Crippen molar-refractivity contribution in [3.8, 4) is 11.5 Å². The first-order valence-corrected chi connectivity index (χ1v) is 8.30. The van der Waals surface area contributed by atoms with E-state index in [-0.39, 0.29) is 5.54 Å². The molecule has 0 radical (unpaired) electrons. The van der Waals surface area contributed by atoms with Crippen molar-refractivity contribution in [2.24, 2.45) is 0 Å². The van der Waals surface area contributed by atoms with Crippen molar-refractivity contribution < 1.29 is 9.47 Å². The maximum absolute atomic E-state index is 6.43. The van der Waals surface area contributed by atoms with Gasteiger partial charge in [-0.25, -0.2) is 0 Å². The zero-order valence-corrected chi connectivity index (χ0v) is 13.6. The summed E-state index contributed by atoms with van der Waals surface area (Å²) < 4.78 is 11.6. The van der Waals surface area contributed by atoms with Gasteiger partial charge in [0.25, 0.3) is 0 Å². The molecule has 1 aliphatic heterocycles. The summed E-state index contributed by atoms with van der Waals surface area (Å²) in [5, 5.41) is 4.22. The summed E-state index contributed by atoms with van der Waals surface area (Å²) >= 11 is 6.43. The minimum Gasteiger partial charge on any atom is -0.491 e. The summed E-state index contributed by atoms with van der Waals surface area (Å²) in [6.07, 6.45) is 7.37. The van der Waals surface area contributed by atoms with Gasteiger partial charge in [-0.3, -0.25) is 0 Å². The molecule has 1 unspecified atom stereocenters. The summed E-state index contributed by atoms with van der Waals surface area (Å²) in [6, 6.07) is 4.13. The van der Waals surface area contributed by atoms with E-state index in [0.29, 0.717) is 16.9 Å². The molecule has 3 rings (SSSR count). The predicted molar refractivity (Wildman–Crippen MR) is 85.5 cm³/mol. The number of methoxy groups -OCH3 is 1. The molecule has 0 amide bonds. The Hall–Kier alpha value is -0.930. The van der Waals surface area contributed by atoms with E-state index in [2.05, 4.69) is 18.3 Å². The standard InChI is InChI=1S/C17H24ClNO2/c1-17(8-5-9-19-17)12-10-14(18)16(20-2)15(11-12)21-13-6-3-4-7-13/h10-11,13,19H,3-9H2,1-2H3. The molecule has 21 heavy (non-hydrogen) atoms. The quantitative estimate of drug-likeness (QED) is 0.901. The van der Waals surface area contributed by atoms with Crippen LogP contribution in [0.4, 0.5) is 0 Å². The van der Waals surface area contributed by atoms with Crippen molar-refractivity contribution in [3.63, 3.8) is 0 Å². The smallest absolute Gasteiger partial charge is 0.179 e. The van der Waals surface area contributed by atoms with Crippen LogP contribution in [0.15, 0.2) is 12.1 Å². The summed E-state index contributed by atoms with van der Waals surface area (Å²) in [6.45, 7) is 3.29. The van der Waals surface area contributed by atoms with Gasteiger partial charge in [-0.15, -0.1) is 0 Å². The van der Waals surface area contributed by atoms with Crippen molar-refractivity contribution in [1.82, 2.24) is 5.32 Å². The Morgan fingerprint density at radius 2 is 2.00 bits per heavy atom. The number of benzene rings is 1. The van der Waals surface area contributed by atoms with E-state index in [1.165, 1.54) is 24.8 Å². The Morgan fingerprint density at radius 3 is 2.62 bits per heavy atom. The lowest BCUT2D eigenvalue weighted by molar-refractivity contribution is 0.200. The highest BCUT2D eigenvalue weighted by molar-refractivity contribution is 6.32. The van der Waals surface area contributed by atoms with Crippen LogP contribution < -0.4 is 14.8 Å². The van der Waals surface area contributed by atoms with Gasteiger partial charge in [-0.2, -0.15) is 0 Å².